The number of Topliss-reactive ketones (excluding diaryl/α,β-unsaturated/α-hetero) is 2. The van der Waals surface area contributed by atoms with Crippen LogP contribution in [-0.2, 0) is 30.4 Å². The summed E-state index contributed by atoms with van der Waals surface area (Å²) in [5.74, 6) is -0.469. The minimum absolute atomic E-state index is 0.0274. The first-order valence-electron chi connectivity index (χ1n) is 17.6. The molecule has 0 unspecified atom stereocenters. The Bertz CT molecular complexity index is 1370. The summed E-state index contributed by atoms with van der Waals surface area (Å²) in [6.07, 6.45) is 10.9. The topological polar surface area (TPSA) is 101 Å². The van der Waals surface area contributed by atoms with Gasteiger partial charge in [-0.1, -0.05) is 69.7 Å². The molecule has 1 aliphatic carbocycles. The maximum absolute atomic E-state index is 14.1. The maximum atomic E-state index is 14.1. The molecule has 256 valence electrons. The number of amides is 2. The first-order chi connectivity index (χ1) is 22.3. The van der Waals surface area contributed by atoms with Crippen molar-refractivity contribution in [3.05, 3.63) is 70.8 Å². The van der Waals surface area contributed by atoms with Gasteiger partial charge in [0.25, 0.3) is 0 Å². The van der Waals surface area contributed by atoms with Gasteiger partial charge in [0.2, 0.25) is 11.8 Å². The number of hydrogen-bond acceptors (Lipinski definition) is 5. The number of carbonyl (C=O) groups excluding carboxylic acids is 5. The smallest absolute Gasteiger partial charge is 0.230 e. The fourth-order valence-electron chi connectivity index (χ4n) is 6.76. The second kappa shape index (κ2) is 18.1. The van der Waals surface area contributed by atoms with E-state index in [4.69, 9.17) is 0 Å². The molecule has 47 heavy (non-hydrogen) atoms. The fraction of sp³-hybridized carbons (Fsp3) is 0.575. The molecule has 7 nitrogen and oxygen atoms in total. The highest BCUT2D eigenvalue weighted by Gasteiger charge is 2.38. The molecule has 2 amide bonds. The summed E-state index contributed by atoms with van der Waals surface area (Å²) in [7, 11) is 0. The second-order valence-corrected chi connectivity index (χ2v) is 14.4. The van der Waals surface area contributed by atoms with Crippen molar-refractivity contribution >= 4 is 29.2 Å². The molecule has 1 aliphatic heterocycles. The third-order valence-electron chi connectivity index (χ3n) is 9.41. The molecule has 4 atom stereocenters. The van der Waals surface area contributed by atoms with Crippen LogP contribution in [0.25, 0.3) is 0 Å². The van der Waals surface area contributed by atoms with Crippen LogP contribution in [0.3, 0.4) is 0 Å². The van der Waals surface area contributed by atoms with Gasteiger partial charge in [-0.15, -0.1) is 0 Å². The van der Waals surface area contributed by atoms with Crippen LogP contribution in [0.1, 0.15) is 105 Å². The Labute approximate surface area is 282 Å². The van der Waals surface area contributed by atoms with E-state index >= 15 is 0 Å². The van der Waals surface area contributed by atoms with Crippen LogP contribution in [0, 0.1) is 23.7 Å². The van der Waals surface area contributed by atoms with Crippen molar-refractivity contribution in [1.29, 1.82) is 0 Å². The van der Waals surface area contributed by atoms with Crippen LogP contribution in [-0.4, -0.2) is 52.7 Å². The van der Waals surface area contributed by atoms with Gasteiger partial charge in [0.15, 0.2) is 17.3 Å². The summed E-state index contributed by atoms with van der Waals surface area (Å²) < 4.78 is 0. The van der Waals surface area contributed by atoms with E-state index in [1.54, 1.807) is 18.7 Å². The first-order valence-corrected chi connectivity index (χ1v) is 17.6. The number of nitrogens with zero attached hydrogens (tertiary/aromatic N) is 1. The van der Waals surface area contributed by atoms with E-state index in [0.29, 0.717) is 73.6 Å². The molecule has 1 fully saturated rings. The highest BCUT2D eigenvalue weighted by molar-refractivity contribution is 6.22. The Morgan fingerprint density at radius 3 is 2.32 bits per heavy atom. The van der Waals surface area contributed by atoms with E-state index in [-0.39, 0.29) is 47.5 Å². The normalized spacial score (nSPS) is 19.0. The van der Waals surface area contributed by atoms with E-state index in [9.17, 15) is 24.0 Å². The zero-order valence-corrected chi connectivity index (χ0v) is 29.6. The summed E-state index contributed by atoms with van der Waals surface area (Å²) in [6, 6.07) is 9.40. The van der Waals surface area contributed by atoms with Crippen molar-refractivity contribution in [3.8, 4) is 0 Å². The van der Waals surface area contributed by atoms with Crippen LogP contribution in [0.15, 0.2) is 65.3 Å². The molecule has 0 radical (unpaired) electrons. The van der Waals surface area contributed by atoms with Gasteiger partial charge >= 0.3 is 0 Å². The van der Waals surface area contributed by atoms with Gasteiger partial charge in [0.1, 0.15) is 0 Å². The Kier molecular flexibility index (Phi) is 14.6. The number of hydrogen-bond donors (Lipinski definition) is 1. The Hall–Kier alpha value is -3.61. The van der Waals surface area contributed by atoms with E-state index < -0.39 is 12.0 Å². The van der Waals surface area contributed by atoms with Gasteiger partial charge in [-0.25, -0.2) is 0 Å². The standard InChI is InChI=1S/C40H56N2O5/c1-26(2)22-28(5)19-20-34(23-31-14-9-8-10-15-31)40(47)42-21-13-18-35(42)37(44)25-33(39(46)41-27(3)4)17-12-11-16-32-24-36(43)29(6)30(7)38(32)45/h8-10,14-15,19-20,24,26-28,33-35H,11-13,16-18,21-23,25H2,1-7H3,(H,41,46)/b20-19+/t28-,33-,34-,35+/m1/s1. The van der Waals surface area contributed by atoms with Crippen LogP contribution in [0.4, 0.5) is 0 Å². The predicted molar refractivity (Wildman–Crippen MR) is 187 cm³/mol. The third kappa shape index (κ3) is 11.3. The van der Waals surface area contributed by atoms with Crippen molar-refractivity contribution in [3.63, 3.8) is 0 Å². The summed E-state index contributed by atoms with van der Waals surface area (Å²) in [4.78, 5) is 67.9. The number of likely N-dealkylation sites (tertiary alicyclic amines) is 1. The lowest BCUT2D eigenvalue weighted by molar-refractivity contribution is -0.140. The number of ketones is 3. The Morgan fingerprint density at radius 1 is 0.957 bits per heavy atom. The van der Waals surface area contributed by atoms with Gasteiger partial charge in [0.05, 0.1) is 12.0 Å². The van der Waals surface area contributed by atoms with Gasteiger partial charge < -0.3 is 10.2 Å². The lowest BCUT2D eigenvalue weighted by atomic mass is 9.87. The molecule has 1 aromatic rings. The van der Waals surface area contributed by atoms with Crippen LogP contribution in [0.2, 0.25) is 0 Å². The number of rotatable bonds is 17. The summed E-state index contributed by atoms with van der Waals surface area (Å²) in [5.41, 5.74) is 2.57. The average molecular weight is 645 g/mol. The molecular weight excluding hydrogens is 588 g/mol. The van der Waals surface area contributed by atoms with E-state index in [2.05, 4.69) is 32.2 Å². The molecule has 1 heterocycles. The number of carbonyl (C=O) groups is 5. The molecule has 1 saturated heterocycles. The monoisotopic (exact) mass is 644 g/mol. The zero-order chi connectivity index (χ0) is 34.7. The number of benzene rings is 1. The van der Waals surface area contributed by atoms with Crippen molar-refractivity contribution in [2.75, 3.05) is 6.54 Å². The number of nitrogens with one attached hydrogen (secondary N) is 1. The third-order valence-corrected chi connectivity index (χ3v) is 9.41. The highest BCUT2D eigenvalue weighted by Crippen LogP contribution is 2.28. The molecule has 3 rings (SSSR count). The van der Waals surface area contributed by atoms with Crippen LogP contribution >= 0.6 is 0 Å². The van der Waals surface area contributed by atoms with Crippen LogP contribution < -0.4 is 5.32 Å². The van der Waals surface area contributed by atoms with Gasteiger partial charge in [-0.05, 0) is 96.1 Å². The van der Waals surface area contributed by atoms with Crippen molar-refractivity contribution < 1.29 is 24.0 Å². The molecule has 0 aromatic heterocycles. The number of allylic oxidation sites excluding steroid dienone is 5. The van der Waals surface area contributed by atoms with Crippen LogP contribution in [0.5, 0.6) is 0 Å². The molecule has 7 heteroatoms. The lowest BCUT2D eigenvalue weighted by Crippen LogP contribution is -2.45. The molecule has 1 aromatic carbocycles. The molecule has 2 aliphatic rings. The molecule has 0 spiro atoms. The summed E-state index contributed by atoms with van der Waals surface area (Å²) in [6.45, 7) is 14.3. The van der Waals surface area contributed by atoms with Gasteiger partial charge in [-0.3, -0.25) is 24.0 Å². The maximum Gasteiger partial charge on any atom is 0.230 e. The summed E-state index contributed by atoms with van der Waals surface area (Å²) >= 11 is 0. The minimum Gasteiger partial charge on any atom is -0.354 e. The second-order valence-electron chi connectivity index (χ2n) is 14.4. The SMILES string of the molecule is CC1=C(C)C(=O)C(CCCC[C@H](CC(=O)[C@@H]2CCCN2C(=O)[C@H](/C=C/[C@@H](C)CC(C)C)Cc2ccccc2)C(=O)NC(C)C)=CC1=O. The van der Waals surface area contributed by atoms with Crippen molar-refractivity contribution in [1.82, 2.24) is 10.2 Å². The quantitative estimate of drug-likeness (QED) is 0.110. The molecule has 1 N–H and O–H groups in total. The van der Waals surface area contributed by atoms with Gasteiger partial charge in [-0.2, -0.15) is 0 Å². The minimum atomic E-state index is -0.536. The Balaban J connectivity index is 1.70. The molecule has 0 saturated carbocycles. The largest absolute Gasteiger partial charge is 0.354 e. The van der Waals surface area contributed by atoms with E-state index in [1.165, 1.54) is 6.08 Å². The van der Waals surface area contributed by atoms with Crippen molar-refractivity contribution in [2.45, 2.75) is 118 Å². The van der Waals surface area contributed by atoms with Crippen molar-refractivity contribution in [2.24, 2.45) is 23.7 Å². The molecule has 0 bridgehead atoms. The average Bonchev–Trinajstić information content (AvgIpc) is 3.51. The van der Waals surface area contributed by atoms with Gasteiger partial charge in [0, 0.05) is 41.6 Å². The lowest BCUT2D eigenvalue weighted by Gasteiger charge is -2.28. The fourth-order valence-corrected chi connectivity index (χ4v) is 6.76. The summed E-state index contributed by atoms with van der Waals surface area (Å²) in [5, 5.41) is 2.98. The first kappa shape index (κ1) is 37.8. The predicted octanol–water partition coefficient (Wildman–Crippen LogP) is 7.15. The molecular formula is C40H56N2O5. The number of unbranched alkanes of at least 4 members (excludes halogenated alkanes) is 1. The zero-order valence-electron chi connectivity index (χ0n) is 29.6. The highest BCUT2D eigenvalue weighted by atomic mass is 16.2. The van der Waals surface area contributed by atoms with E-state index in [1.807, 2.05) is 50.3 Å². The Morgan fingerprint density at radius 2 is 1.66 bits per heavy atom. The van der Waals surface area contributed by atoms with E-state index in [0.717, 1.165) is 18.4 Å².